The molecule has 124 valence electrons. The molecule has 1 aromatic carbocycles. The monoisotopic (exact) mass is 328 g/mol. The molecule has 0 unspecified atom stereocenters. The third-order valence-corrected chi connectivity index (χ3v) is 3.84. The number of hydrogen-bond donors (Lipinski definition) is 1. The molecule has 1 aromatic heterocycles. The maximum Gasteiger partial charge on any atom is 0.325 e. The summed E-state index contributed by atoms with van der Waals surface area (Å²) in [6, 6.07) is 9.33. The zero-order chi connectivity index (χ0) is 17.1. The van der Waals surface area contributed by atoms with Gasteiger partial charge in [-0.25, -0.2) is 14.2 Å². The predicted octanol–water partition coefficient (Wildman–Crippen LogP) is 2.41. The molecule has 1 fully saturated rings. The SMILES string of the molecule is Cc1cccnc1NC(=O)CN1CCN(c2ccccc2F)C1=O. The van der Waals surface area contributed by atoms with Crippen molar-refractivity contribution in [1.82, 2.24) is 9.88 Å². The van der Waals surface area contributed by atoms with Crippen molar-refractivity contribution in [2.45, 2.75) is 6.92 Å². The van der Waals surface area contributed by atoms with Gasteiger partial charge in [-0.2, -0.15) is 0 Å². The van der Waals surface area contributed by atoms with E-state index in [0.29, 0.717) is 18.9 Å². The number of amides is 3. The van der Waals surface area contributed by atoms with E-state index in [-0.39, 0.29) is 24.2 Å². The first-order chi connectivity index (χ1) is 11.6. The van der Waals surface area contributed by atoms with Gasteiger partial charge in [-0.1, -0.05) is 18.2 Å². The molecule has 1 N–H and O–H groups in total. The Bertz CT molecular complexity index is 781. The lowest BCUT2D eigenvalue weighted by Crippen LogP contribution is -2.37. The zero-order valence-corrected chi connectivity index (χ0v) is 13.2. The number of halogens is 1. The number of aryl methyl sites for hydroxylation is 1. The third kappa shape index (κ3) is 3.19. The van der Waals surface area contributed by atoms with Crippen LogP contribution in [0.25, 0.3) is 0 Å². The number of pyridine rings is 1. The zero-order valence-electron chi connectivity index (χ0n) is 13.2. The summed E-state index contributed by atoms with van der Waals surface area (Å²) in [7, 11) is 0. The fourth-order valence-corrected chi connectivity index (χ4v) is 2.59. The van der Waals surface area contributed by atoms with Crippen molar-refractivity contribution >= 4 is 23.4 Å². The molecule has 0 aliphatic carbocycles. The molecule has 1 saturated heterocycles. The maximum atomic E-state index is 13.8. The smallest absolute Gasteiger partial charge is 0.313 e. The fraction of sp³-hybridized carbons (Fsp3) is 0.235. The second kappa shape index (κ2) is 6.66. The van der Waals surface area contributed by atoms with Crippen LogP contribution in [0.1, 0.15) is 5.56 Å². The van der Waals surface area contributed by atoms with Crippen molar-refractivity contribution in [2.24, 2.45) is 0 Å². The van der Waals surface area contributed by atoms with Crippen LogP contribution in [0.15, 0.2) is 42.6 Å². The number of benzene rings is 1. The Kier molecular flexibility index (Phi) is 4.41. The summed E-state index contributed by atoms with van der Waals surface area (Å²) in [6.45, 7) is 2.45. The number of para-hydroxylation sites is 1. The number of nitrogens with one attached hydrogen (secondary N) is 1. The Morgan fingerprint density at radius 1 is 1.25 bits per heavy atom. The molecular formula is C17H17FN4O2. The van der Waals surface area contributed by atoms with Gasteiger partial charge >= 0.3 is 6.03 Å². The highest BCUT2D eigenvalue weighted by Crippen LogP contribution is 2.23. The van der Waals surface area contributed by atoms with Crippen LogP contribution in [0, 0.1) is 12.7 Å². The summed E-state index contributed by atoms with van der Waals surface area (Å²) >= 11 is 0. The van der Waals surface area contributed by atoms with Crippen LogP contribution < -0.4 is 10.2 Å². The molecule has 2 heterocycles. The summed E-state index contributed by atoms with van der Waals surface area (Å²) in [5.41, 5.74) is 1.07. The number of anilines is 2. The van der Waals surface area contributed by atoms with Gasteiger partial charge in [0.15, 0.2) is 0 Å². The molecule has 0 radical (unpaired) electrons. The van der Waals surface area contributed by atoms with Gasteiger partial charge in [0.25, 0.3) is 0 Å². The molecule has 2 aromatic rings. The van der Waals surface area contributed by atoms with Gasteiger partial charge in [-0.05, 0) is 30.7 Å². The molecule has 3 amide bonds. The lowest BCUT2D eigenvalue weighted by Gasteiger charge is -2.19. The second-order valence-corrected chi connectivity index (χ2v) is 5.52. The second-order valence-electron chi connectivity index (χ2n) is 5.52. The fourth-order valence-electron chi connectivity index (χ4n) is 2.59. The minimum absolute atomic E-state index is 0.0974. The molecule has 0 saturated carbocycles. The van der Waals surface area contributed by atoms with Crippen molar-refractivity contribution in [3.63, 3.8) is 0 Å². The highest BCUT2D eigenvalue weighted by Gasteiger charge is 2.32. The van der Waals surface area contributed by atoms with Gasteiger partial charge in [0.1, 0.15) is 18.2 Å². The first-order valence-electron chi connectivity index (χ1n) is 7.58. The molecule has 3 rings (SSSR count). The Morgan fingerprint density at radius 2 is 2.04 bits per heavy atom. The van der Waals surface area contributed by atoms with E-state index in [4.69, 9.17) is 0 Å². The van der Waals surface area contributed by atoms with Crippen LogP contribution in [0.2, 0.25) is 0 Å². The summed E-state index contributed by atoms with van der Waals surface area (Å²) in [6.07, 6.45) is 1.59. The standard InChI is InChI=1S/C17H17FN4O2/c1-12-5-4-8-19-16(12)20-15(23)11-21-9-10-22(17(21)24)14-7-3-2-6-13(14)18/h2-8H,9-11H2,1H3,(H,19,20,23). The van der Waals surface area contributed by atoms with Crippen LogP contribution in [-0.4, -0.2) is 41.5 Å². The van der Waals surface area contributed by atoms with E-state index in [2.05, 4.69) is 10.3 Å². The van der Waals surface area contributed by atoms with Gasteiger partial charge in [-0.3, -0.25) is 9.69 Å². The first kappa shape index (κ1) is 15.9. The van der Waals surface area contributed by atoms with Gasteiger partial charge in [0.2, 0.25) is 5.91 Å². The lowest BCUT2D eigenvalue weighted by molar-refractivity contribution is -0.116. The van der Waals surface area contributed by atoms with Crippen molar-refractivity contribution in [1.29, 1.82) is 0 Å². The van der Waals surface area contributed by atoms with E-state index >= 15 is 0 Å². The molecule has 24 heavy (non-hydrogen) atoms. The largest absolute Gasteiger partial charge is 0.325 e. The van der Waals surface area contributed by atoms with Crippen molar-refractivity contribution in [2.75, 3.05) is 29.9 Å². The van der Waals surface area contributed by atoms with Crippen LogP contribution in [-0.2, 0) is 4.79 Å². The van der Waals surface area contributed by atoms with E-state index in [1.807, 2.05) is 13.0 Å². The number of nitrogens with zero attached hydrogens (tertiary/aromatic N) is 3. The summed E-state index contributed by atoms with van der Waals surface area (Å²) in [4.78, 5) is 31.4. The molecule has 6 nitrogen and oxygen atoms in total. The summed E-state index contributed by atoms with van der Waals surface area (Å²) < 4.78 is 13.8. The predicted molar refractivity (Wildman–Crippen MR) is 88.3 cm³/mol. The highest BCUT2D eigenvalue weighted by molar-refractivity contribution is 5.99. The molecule has 7 heteroatoms. The number of carbonyl (C=O) groups is 2. The molecule has 0 atom stereocenters. The van der Waals surface area contributed by atoms with E-state index in [1.165, 1.54) is 15.9 Å². The third-order valence-electron chi connectivity index (χ3n) is 3.84. The minimum atomic E-state index is -0.457. The van der Waals surface area contributed by atoms with Crippen molar-refractivity contribution < 1.29 is 14.0 Å². The molecule has 0 spiro atoms. The van der Waals surface area contributed by atoms with Gasteiger partial charge in [-0.15, -0.1) is 0 Å². The molecule has 1 aliphatic heterocycles. The van der Waals surface area contributed by atoms with E-state index in [9.17, 15) is 14.0 Å². The minimum Gasteiger partial charge on any atom is -0.313 e. The normalized spacial score (nSPS) is 14.2. The molecule has 0 bridgehead atoms. The molecular weight excluding hydrogens is 311 g/mol. The van der Waals surface area contributed by atoms with Crippen LogP contribution in [0.5, 0.6) is 0 Å². The Morgan fingerprint density at radius 3 is 2.79 bits per heavy atom. The van der Waals surface area contributed by atoms with Gasteiger partial charge < -0.3 is 10.2 Å². The van der Waals surface area contributed by atoms with Crippen molar-refractivity contribution in [3.05, 3.63) is 54.0 Å². The van der Waals surface area contributed by atoms with Crippen molar-refractivity contribution in [3.8, 4) is 0 Å². The average molecular weight is 328 g/mol. The van der Waals surface area contributed by atoms with Crippen LogP contribution in [0.3, 0.4) is 0 Å². The quantitative estimate of drug-likeness (QED) is 0.937. The van der Waals surface area contributed by atoms with Gasteiger partial charge in [0, 0.05) is 19.3 Å². The van der Waals surface area contributed by atoms with Gasteiger partial charge in [0.05, 0.1) is 5.69 Å². The number of urea groups is 1. The Hall–Kier alpha value is -2.96. The molecule has 1 aliphatic rings. The number of rotatable bonds is 4. The van der Waals surface area contributed by atoms with Crippen LogP contribution in [0.4, 0.5) is 20.7 Å². The number of hydrogen-bond acceptors (Lipinski definition) is 3. The Balaban J connectivity index is 1.65. The highest BCUT2D eigenvalue weighted by atomic mass is 19.1. The topological polar surface area (TPSA) is 65.5 Å². The van der Waals surface area contributed by atoms with E-state index < -0.39 is 5.82 Å². The lowest BCUT2D eigenvalue weighted by atomic mass is 10.3. The number of carbonyl (C=O) groups excluding carboxylic acids is 2. The summed E-state index contributed by atoms with van der Waals surface area (Å²) in [5, 5.41) is 2.69. The maximum absolute atomic E-state index is 13.8. The van der Waals surface area contributed by atoms with Crippen LogP contribution >= 0.6 is 0 Å². The number of aromatic nitrogens is 1. The Labute approximate surface area is 138 Å². The summed E-state index contributed by atoms with van der Waals surface area (Å²) in [5.74, 6) is -0.318. The first-order valence-corrected chi connectivity index (χ1v) is 7.58. The van der Waals surface area contributed by atoms with E-state index in [1.54, 1.807) is 30.5 Å². The van der Waals surface area contributed by atoms with E-state index in [0.717, 1.165) is 5.56 Å². The average Bonchev–Trinajstić information content (AvgIpc) is 2.91.